The molecule has 0 aliphatic heterocycles. The summed E-state index contributed by atoms with van der Waals surface area (Å²) in [6.45, 7) is 5.76. The molecule has 3 nitrogen and oxygen atoms in total. The summed E-state index contributed by atoms with van der Waals surface area (Å²) in [5.41, 5.74) is 0.992. The van der Waals surface area contributed by atoms with Gasteiger partial charge in [0.2, 0.25) is 5.56 Å². The Hall–Kier alpha value is -1.38. The quantitative estimate of drug-likeness (QED) is 0.645. The lowest BCUT2D eigenvalue weighted by molar-refractivity contribution is 0.112. The van der Waals surface area contributed by atoms with Crippen molar-refractivity contribution in [2.45, 2.75) is 20.8 Å². The van der Waals surface area contributed by atoms with Crippen molar-refractivity contribution >= 4 is 6.29 Å². The van der Waals surface area contributed by atoms with E-state index in [0.717, 1.165) is 5.56 Å². The van der Waals surface area contributed by atoms with Gasteiger partial charge in [0.1, 0.15) is 0 Å². The summed E-state index contributed by atoms with van der Waals surface area (Å²) >= 11 is 0. The number of carbonyl (C=O) groups is 1. The van der Waals surface area contributed by atoms with E-state index in [9.17, 15) is 9.59 Å². The molecular formula is C9H13NO2. The van der Waals surface area contributed by atoms with Crippen molar-refractivity contribution in [3.05, 3.63) is 33.7 Å². The fraction of sp³-hybridized carbons (Fsp3) is 0.333. The van der Waals surface area contributed by atoms with E-state index in [1.807, 2.05) is 13.8 Å². The molecule has 3 heteroatoms. The Bertz CT molecular complexity index is 302. The third kappa shape index (κ3) is 2.70. The predicted octanol–water partition coefficient (Wildman–Crippen LogP) is 1.52. The summed E-state index contributed by atoms with van der Waals surface area (Å²) in [7, 11) is 0. The second kappa shape index (κ2) is 5.29. The number of hydrogen-bond acceptors (Lipinski definition) is 2. The molecule has 0 aliphatic carbocycles. The van der Waals surface area contributed by atoms with E-state index in [-0.39, 0.29) is 5.56 Å². The molecular weight excluding hydrogens is 154 g/mol. The zero-order valence-corrected chi connectivity index (χ0v) is 7.55. The highest BCUT2D eigenvalue weighted by Crippen LogP contribution is 1.96. The van der Waals surface area contributed by atoms with Gasteiger partial charge in [0.05, 0.1) is 0 Å². The standard InChI is InChI=1S/C7H7NO2.C2H6/c1-5-3-8-7(10)2-6(5)4-9;1-2/h2-4H,1H3,(H,8,10);1-2H3. The van der Waals surface area contributed by atoms with Gasteiger partial charge in [0, 0.05) is 17.8 Å². The minimum Gasteiger partial charge on any atom is -0.329 e. The molecule has 0 saturated heterocycles. The predicted molar refractivity (Wildman–Crippen MR) is 48.5 cm³/mol. The number of hydrogen-bond donors (Lipinski definition) is 1. The lowest BCUT2D eigenvalue weighted by Gasteiger charge is -1.92. The maximum Gasteiger partial charge on any atom is 0.248 e. The molecule has 0 saturated carbocycles. The molecule has 0 aromatic carbocycles. The molecule has 0 unspecified atom stereocenters. The van der Waals surface area contributed by atoms with Crippen LogP contribution in [0.25, 0.3) is 0 Å². The number of rotatable bonds is 1. The van der Waals surface area contributed by atoms with Gasteiger partial charge in [-0.15, -0.1) is 0 Å². The monoisotopic (exact) mass is 167 g/mol. The second-order valence-electron chi connectivity index (χ2n) is 2.05. The average molecular weight is 167 g/mol. The molecule has 0 fully saturated rings. The van der Waals surface area contributed by atoms with Crippen molar-refractivity contribution in [3.8, 4) is 0 Å². The first-order valence-corrected chi connectivity index (χ1v) is 3.88. The van der Waals surface area contributed by atoms with Crippen LogP contribution in [-0.4, -0.2) is 11.3 Å². The minimum absolute atomic E-state index is 0.243. The molecule has 0 atom stereocenters. The van der Waals surface area contributed by atoms with Crippen molar-refractivity contribution in [2.75, 3.05) is 0 Å². The van der Waals surface area contributed by atoms with Crippen molar-refractivity contribution in [3.63, 3.8) is 0 Å². The first kappa shape index (κ1) is 10.6. The van der Waals surface area contributed by atoms with Gasteiger partial charge in [0.25, 0.3) is 0 Å². The van der Waals surface area contributed by atoms with Crippen LogP contribution in [0, 0.1) is 6.92 Å². The number of aryl methyl sites for hydroxylation is 1. The Morgan fingerprint density at radius 2 is 2.00 bits per heavy atom. The fourth-order valence-electron chi connectivity index (χ4n) is 0.686. The summed E-state index contributed by atoms with van der Waals surface area (Å²) in [6.07, 6.45) is 2.19. The molecule has 12 heavy (non-hydrogen) atoms. The highest BCUT2D eigenvalue weighted by molar-refractivity contribution is 5.76. The third-order valence-corrected chi connectivity index (χ3v) is 1.30. The Morgan fingerprint density at radius 1 is 1.42 bits per heavy atom. The summed E-state index contributed by atoms with van der Waals surface area (Å²) in [4.78, 5) is 23.3. The van der Waals surface area contributed by atoms with Crippen molar-refractivity contribution in [1.82, 2.24) is 4.98 Å². The highest BCUT2D eigenvalue weighted by atomic mass is 16.1. The highest BCUT2D eigenvalue weighted by Gasteiger charge is 1.94. The van der Waals surface area contributed by atoms with E-state index in [2.05, 4.69) is 4.98 Å². The Kier molecular flexibility index (Phi) is 4.69. The Morgan fingerprint density at radius 3 is 2.42 bits per heavy atom. The van der Waals surface area contributed by atoms with Crippen LogP contribution in [0.1, 0.15) is 29.8 Å². The van der Waals surface area contributed by atoms with Crippen molar-refractivity contribution in [1.29, 1.82) is 0 Å². The number of nitrogens with one attached hydrogen (secondary N) is 1. The normalized spacial score (nSPS) is 8.25. The van der Waals surface area contributed by atoms with Gasteiger partial charge < -0.3 is 4.98 Å². The van der Waals surface area contributed by atoms with Crippen LogP contribution in [0.2, 0.25) is 0 Å². The van der Waals surface area contributed by atoms with Crippen LogP contribution in [0.15, 0.2) is 17.1 Å². The van der Waals surface area contributed by atoms with Crippen LogP contribution in [0.5, 0.6) is 0 Å². The van der Waals surface area contributed by atoms with Gasteiger partial charge >= 0.3 is 0 Å². The molecule has 0 radical (unpaired) electrons. The largest absolute Gasteiger partial charge is 0.329 e. The van der Waals surface area contributed by atoms with Gasteiger partial charge in [-0.05, 0) is 12.5 Å². The van der Waals surface area contributed by atoms with Crippen molar-refractivity contribution in [2.24, 2.45) is 0 Å². The topological polar surface area (TPSA) is 49.9 Å². The second-order valence-corrected chi connectivity index (χ2v) is 2.05. The lowest BCUT2D eigenvalue weighted by atomic mass is 10.2. The van der Waals surface area contributed by atoms with E-state index < -0.39 is 0 Å². The molecule has 0 aliphatic rings. The lowest BCUT2D eigenvalue weighted by Crippen LogP contribution is -2.05. The first-order chi connectivity index (χ1) is 5.74. The van der Waals surface area contributed by atoms with Crippen LogP contribution in [0.3, 0.4) is 0 Å². The van der Waals surface area contributed by atoms with Gasteiger partial charge in [-0.25, -0.2) is 0 Å². The van der Waals surface area contributed by atoms with Gasteiger partial charge in [-0.2, -0.15) is 0 Å². The number of aromatic amines is 1. The number of aromatic nitrogens is 1. The van der Waals surface area contributed by atoms with Crippen LogP contribution in [0.4, 0.5) is 0 Å². The van der Waals surface area contributed by atoms with Crippen molar-refractivity contribution < 1.29 is 4.79 Å². The third-order valence-electron chi connectivity index (χ3n) is 1.30. The molecule has 1 N–H and O–H groups in total. The summed E-state index contributed by atoms with van der Waals surface area (Å²) in [5.74, 6) is 0. The zero-order valence-electron chi connectivity index (χ0n) is 7.55. The molecule has 1 aromatic heterocycles. The molecule has 0 spiro atoms. The number of H-pyrrole nitrogens is 1. The minimum atomic E-state index is -0.243. The Labute approximate surface area is 71.4 Å². The van der Waals surface area contributed by atoms with Gasteiger partial charge in [0.15, 0.2) is 6.29 Å². The summed E-state index contributed by atoms with van der Waals surface area (Å²) in [6, 6.07) is 1.28. The Balaban J connectivity index is 0.000000561. The van der Waals surface area contributed by atoms with Crippen LogP contribution in [-0.2, 0) is 0 Å². The molecule has 0 bridgehead atoms. The van der Waals surface area contributed by atoms with Crippen LogP contribution < -0.4 is 5.56 Å². The smallest absolute Gasteiger partial charge is 0.248 e. The summed E-state index contributed by atoms with van der Waals surface area (Å²) in [5, 5.41) is 0. The first-order valence-electron chi connectivity index (χ1n) is 3.88. The van der Waals surface area contributed by atoms with E-state index >= 15 is 0 Å². The molecule has 1 rings (SSSR count). The number of aldehydes is 1. The maximum absolute atomic E-state index is 10.6. The van der Waals surface area contributed by atoms with E-state index in [1.165, 1.54) is 12.3 Å². The molecule has 1 aromatic rings. The van der Waals surface area contributed by atoms with E-state index in [4.69, 9.17) is 0 Å². The number of pyridine rings is 1. The van der Waals surface area contributed by atoms with E-state index in [0.29, 0.717) is 11.8 Å². The number of carbonyl (C=O) groups excluding carboxylic acids is 1. The molecule has 0 amide bonds. The maximum atomic E-state index is 10.6. The fourth-order valence-corrected chi connectivity index (χ4v) is 0.686. The van der Waals surface area contributed by atoms with Gasteiger partial charge in [-0.3, -0.25) is 9.59 Å². The van der Waals surface area contributed by atoms with Crippen LogP contribution >= 0.6 is 0 Å². The average Bonchev–Trinajstić information content (AvgIpc) is 2.13. The molecule has 1 heterocycles. The summed E-state index contributed by atoms with van der Waals surface area (Å²) < 4.78 is 0. The SMILES string of the molecule is CC.Cc1c[nH]c(=O)cc1C=O. The molecule has 66 valence electrons. The van der Waals surface area contributed by atoms with Gasteiger partial charge in [-0.1, -0.05) is 13.8 Å². The zero-order chi connectivity index (χ0) is 9.56. The van der Waals surface area contributed by atoms with E-state index in [1.54, 1.807) is 6.92 Å².